The number of aromatic nitrogens is 2. The Bertz CT molecular complexity index is 904. The Morgan fingerprint density at radius 1 is 1.25 bits per heavy atom. The molecule has 0 radical (unpaired) electrons. The van der Waals surface area contributed by atoms with Gasteiger partial charge in [0.15, 0.2) is 5.76 Å². The van der Waals surface area contributed by atoms with E-state index >= 15 is 0 Å². The molecule has 0 amide bonds. The van der Waals surface area contributed by atoms with Crippen LogP contribution in [0.5, 0.6) is 0 Å². The molecule has 1 saturated carbocycles. The average molecular weight is 325 g/mol. The molecular formula is C18H19N3O3. The zero-order chi connectivity index (χ0) is 16.7. The maximum atomic E-state index is 10.8. The summed E-state index contributed by atoms with van der Waals surface area (Å²) < 4.78 is 7.30. The topological polar surface area (TPSA) is 73.6 Å². The minimum atomic E-state index is -0.531. The fourth-order valence-corrected chi connectivity index (χ4v) is 3.74. The molecule has 0 N–H and O–H groups in total. The molecule has 0 aromatic carbocycles. The van der Waals surface area contributed by atoms with Crippen molar-refractivity contribution in [1.29, 1.82) is 0 Å². The van der Waals surface area contributed by atoms with Gasteiger partial charge in [0.1, 0.15) is 16.3 Å². The number of nitro groups is 1. The van der Waals surface area contributed by atoms with Crippen molar-refractivity contribution in [3.8, 4) is 11.5 Å². The molecule has 124 valence electrons. The summed E-state index contributed by atoms with van der Waals surface area (Å²) in [6.45, 7) is 2.13. The van der Waals surface area contributed by atoms with E-state index in [0.717, 1.165) is 5.65 Å². The Labute approximate surface area is 139 Å². The summed E-state index contributed by atoms with van der Waals surface area (Å²) >= 11 is 0. The van der Waals surface area contributed by atoms with Gasteiger partial charge in [-0.15, -0.1) is 0 Å². The van der Waals surface area contributed by atoms with Crippen LogP contribution in [0.15, 0.2) is 35.0 Å². The van der Waals surface area contributed by atoms with E-state index in [2.05, 4.69) is 13.0 Å². The maximum absolute atomic E-state index is 10.8. The molecule has 1 aliphatic carbocycles. The number of aryl methyl sites for hydroxylation is 1. The molecule has 0 bridgehead atoms. The number of nitrogens with zero attached hydrogens (tertiary/aromatic N) is 3. The molecule has 1 aliphatic rings. The van der Waals surface area contributed by atoms with Crippen molar-refractivity contribution < 1.29 is 9.34 Å². The first-order chi connectivity index (χ1) is 11.6. The first kappa shape index (κ1) is 14.9. The van der Waals surface area contributed by atoms with Crippen LogP contribution in [-0.4, -0.2) is 14.3 Å². The molecule has 0 aliphatic heterocycles. The summed E-state index contributed by atoms with van der Waals surface area (Å²) in [6.07, 6.45) is 10.1. The van der Waals surface area contributed by atoms with Gasteiger partial charge < -0.3 is 8.82 Å². The summed E-state index contributed by atoms with van der Waals surface area (Å²) in [5.41, 5.74) is 4.14. The van der Waals surface area contributed by atoms with Crippen molar-refractivity contribution in [2.45, 2.75) is 44.9 Å². The van der Waals surface area contributed by atoms with Crippen LogP contribution < -0.4 is 0 Å². The van der Waals surface area contributed by atoms with Gasteiger partial charge in [-0.3, -0.25) is 10.1 Å². The zero-order valence-corrected chi connectivity index (χ0v) is 13.6. The second-order valence-electron chi connectivity index (χ2n) is 6.50. The van der Waals surface area contributed by atoms with Crippen molar-refractivity contribution in [2.24, 2.45) is 0 Å². The quantitative estimate of drug-likeness (QED) is 0.509. The minimum Gasteiger partial charge on any atom is -0.399 e. The Kier molecular flexibility index (Phi) is 3.59. The summed E-state index contributed by atoms with van der Waals surface area (Å²) in [5, 5.41) is 10.8. The summed E-state index contributed by atoms with van der Waals surface area (Å²) in [5.74, 6) is 0.715. The van der Waals surface area contributed by atoms with E-state index in [1.54, 1.807) is 6.07 Å². The van der Waals surface area contributed by atoms with Crippen LogP contribution in [0.1, 0.15) is 49.1 Å². The van der Waals surface area contributed by atoms with Crippen molar-refractivity contribution in [2.75, 3.05) is 0 Å². The highest BCUT2D eigenvalue weighted by atomic mass is 16.6. The van der Waals surface area contributed by atoms with Crippen LogP contribution in [0.4, 0.5) is 5.88 Å². The van der Waals surface area contributed by atoms with Gasteiger partial charge in [0, 0.05) is 18.0 Å². The average Bonchev–Trinajstić information content (AvgIpc) is 3.22. The van der Waals surface area contributed by atoms with Gasteiger partial charge in [-0.25, -0.2) is 4.98 Å². The molecule has 0 saturated heterocycles. The van der Waals surface area contributed by atoms with E-state index in [4.69, 9.17) is 9.40 Å². The van der Waals surface area contributed by atoms with Crippen LogP contribution in [-0.2, 0) is 0 Å². The van der Waals surface area contributed by atoms with Crippen LogP contribution in [0, 0.1) is 17.0 Å². The number of hydrogen-bond donors (Lipinski definition) is 0. The number of pyridine rings is 1. The van der Waals surface area contributed by atoms with Crippen molar-refractivity contribution >= 4 is 11.5 Å². The zero-order valence-electron chi connectivity index (χ0n) is 13.6. The lowest BCUT2D eigenvalue weighted by molar-refractivity contribution is -0.401. The first-order valence-corrected chi connectivity index (χ1v) is 8.36. The smallest absolute Gasteiger partial charge is 0.399 e. The Hall–Kier alpha value is -2.63. The second-order valence-corrected chi connectivity index (χ2v) is 6.50. The number of fused-ring (bicyclic) bond motifs is 1. The molecule has 3 heterocycles. The summed E-state index contributed by atoms with van der Waals surface area (Å²) in [7, 11) is 0. The van der Waals surface area contributed by atoms with Gasteiger partial charge in [0.05, 0.1) is 6.07 Å². The normalized spacial score (nSPS) is 15.9. The highest BCUT2D eigenvalue weighted by molar-refractivity contribution is 5.63. The second kappa shape index (κ2) is 5.78. The van der Waals surface area contributed by atoms with Crippen molar-refractivity contribution in [1.82, 2.24) is 9.38 Å². The molecule has 3 aromatic heterocycles. The molecule has 0 atom stereocenters. The van der Waals surface area contributed by atoms with Gasteiger partial charge >= 0.3 is 5.88 Å². The molecule has 24 heavy (non-hydrogen) atoms. The Morgan fingerprint density at radius 3 is 2.75 bits per heavy atom. The monoisotopic (exact) mass is 325 g/mol. The predicted molar refractivity (Wildman–Crippen MR) is 90.1 cm³/mol. The third-order valence-corrected chi connectivity index (χ3v) is 4.92. The summed E-state index contributed by atoms with van der Waals surface area (Å²) in [4.78, 5) is 15.0. The Balaban J connectivity index is 1.81. The molecule has 6 heteroatoms. The maximum Gasteiger partial charge on any atom is 0.433 e. The van der Waals surface area contributed by atoms with Crippen molar-refractivity contribution in [3.05, 3.63) is 51.8 Å². The van der Waals surface area contributed by atoms with Crippen molar-refractivity contribution in [3.63, 3.8) is 0 Å². The molecule has 0 unspecified atom stereocenters. The van der Waals surface area contributed by atoms with Crippen LogP contribution in [0.25, 0.3) is 17.1 Å². The molecule has 1 fully saturated rings. The number of rotatable bonds is 3. The fourth-order valence-electron chi connectivity index (χ4n) is 3.74. The lowest BCUT2D eigenvalue weighted by atomic mass is 9.83. The molecule has 4 rings (SSSR count). The Morgan fingerprint density at radius 2 is 2.04 bits per heavy atom. The fraction of sp³-hybridized carbons (Fsp3) is 0.389. The van der Waals surface area contributed by atoms with Crippen LogP contribution in [0.2, 0.25) is 0 Å². The molecule has 6 nitrogen and oxygen atoms in total. The number of furan rings is 1. The molecular weight excluding hydrogens is 306 g/mol. The summed E-state index contributed by atoms with van der Waals surface area (Å²) in [6, 6.07) is 5.09. The SMILES string of the molecule is Cc1ccn2cc(-c3ccc([N+](=O)[O-])o3)nc2c1C1CCCCC1. The number of hydrogen-bond acceptors (Lipinski definition) is 4. The van der Waals surface area contributed by atoms with E-state index in [1.807, 2.05) is 16.8 Å². The predicted octanol–water partition coefficient (Wildman–Crippen LogP) is 4.86. The standard InChI is InChI=1S/C18H19N3O3/c1-12-9-10-20-11-14(15-7-8-16(24-15)21(22)23)19-18(20)17(12)13-5-3-2-4-6-13/h7-11,13H,2-6H2,1H3. The minimum absolute atomic E-state index is 0.259. The van der Waals surface area contributed by atoms with Gasteiger partial charge in [0.25, 0.3) is 0 Å². The lowest BCUT2D eigenvalue weighted by Gasteiger charge is -2.23. The van der Waals surface area contributed by atoms with E-state index < -0.39 is 4.92 Å². The highest BCUT2D eigenvalue weighted by Crippen LogP contribution is 2.37. The van der Waals surface area contributed by atoms with E-state index in [-0.39, 0.29) is 5.88 Å². The molecule has 3 aromatic rings. The van der Waals surface area contributed by atoms with Gasteiger partial charge in [-0.1, -0.05) is 19.3 Å². The van der Waals surface area contributed by atoms with Gasteiger partial charge in [-0.2, -0.15) is 0 Å². The van der Waals surface area contributed by atoms with E-state index in [9.17, 15) is 10.1 Å². The van der Waals surface area contributed by atoms with E-state index in [0.29, 0.717) is 17.4 Å². The van der Waals surface area contributed by atoms with Crippen LogP contribution in [0.3, 0.4) is 0 Å². The third kappa shape index (κ3) is 2.48. The number of imidazole rings is 1. The van der Waals surface area contributed by atoms with E-state index in [1.165, 1.54) is 49.3 Å². The van der Waals surface area contributed by atoms with Gasteiger partial charge in [-0.05, 0) is 43.4 Å². The first-order valence-electron chi connectivity index (χ1n) is 8.36. The lowest BCUT2D eigenvalue weighted by Crippen LogP contribution is -2.08. The largest absolute Gasteiger partial charge is 0.433 e. The van der Waals surface area contributed by atoms with Crippen LogP contribution >= 0.6 is 0 Å². The molecule has 0 spiro atoms. The highest BCUT2D eigenvalue weighted by Gasteiger charge is 2.22. The van der Waals surface area contributed by atoms with Gasteiger partial charge in [0.2, 0.25) is 0 Å². The third-order valence-electron chi connectivity index (χ3n) is 4.92.